The number of nitrogens with two attached hydrogens (primary N) is 4. The average molecular weight is 1430 g/mol. The Kier molecular flexibility index (Phi) is 49.5. The maximum Gasteiger partial charge on any atom is 2.00 e. The summed E-state index contributed by atoms with van der Waals surface area (Å²) in [6.45, 7) is 2.97. The minimum atomic E-state index is -1.44. The Morgan fingerprint density at radius 2 is 0.707 bits per heavy atom. The van der Waals surface area contributed by atoms with Gasteiger partial charge in [0.15, 0.2) is 10.8 Å². The number of carbonyl (C=O) groups is 12. The van der Waals surface area contributed by atoms with Gasteiger partial charge in [-0.15, -0.1) is 0 Å². The Hall–Kier alpha value is -6.44. The van der Waals surface area contributed by atoms with Crippen molar-refractivity contribution in [2.45, 2.75) is 110 Å². The first-order chi connectivity index (χ1) is 32.4. The van der Waals surface area contributed by atoms with Gasteiger partial charge in [0, 0.05) is 57.4 Å². The van der Waals surface area contributed by atoms with Crippen LogP contribution in [0.1, 0.15) is 120 Å². The predicted molar refractivity (Wildman–Crippen MR) is 261 cm³/mol. The van der Waals surface area contributed by atoms with E-state index in [4.69, 9.17) is 45.6 Å². The predicted octanol–water partition coefficient (Wildman–Crippen LogP) is 7.25. The molecular formula is C45H70N8O20Pt2. The van der Waals surface area contributed by atoms with Crippen LogP contribution in [0.2, 0.25) is 0 Å². The Morgan fingerprint density at radius 3 is 0.893 bits per heavy atom. The summed E-state index contributed by atoms with van der Waals surface area (Å²) in [6.07, 6.45) is 14.6. The quantitative estimate of drug-likeness (QED) is 0.0329. The minimum Gasteiger partial charge on any atom is -0.693 e. The SMILES string of the molecule is CC(=O)O.O=C(O)C1(C(=O)O)CCC1.O=C(O)C1(C(=O)O)CCC1.O=C(O)NCCCCCCCN1C(=O)C=CC1=O.O=C(O)NCCCCCCCN1C(=O)C=CC1=O.O=C(O)c1ccccc1.[NH2-].[NH2-].[NH2-].[NH2-].[Pt+2].[Pt+2]. The second kappa shape index (κ2) is 45.0. The van der Waals surface area contributed by atoms with Crippen molar-refractivity contribution >= 4 is 71.6 Å². The topological polar surface area (TPSA) is 531 Å². The first-order valence-electron chi connectivity index (χ1n) is 21.9. The van der Waals surface area contributed by atoms with Crippen molar-refractivity contribution < 1.29 is 141 Å². The van der Waals surface area contributed by atoms with Crippen LogP contribution in [0.3, 0.4) is 0 Å². The van der Waals surface area contributed by atoms with E-state index in [2.05, 4.69) is 10.6 Å². The molecule has 30 heteroatoms. The molecule has 0 bridgehead atoms. The van der Waals surface area contributed by atoms with Gasteiger partial charge in [0.1, 0.15) is 0 Å². The summed E-state index contributed by atoms with van der Waals surface area (Å²) in [5.74, 6) is -7.45. The summed E-state index contributed by atoms with van der Waals surface area (Å²) in [7, 11) is 0. The van der Waals surface area contributed by atoms with Gasteiger partial charge in [-0.2, -0.15) is 0 Å². The molecule has 5 rings (SSSR count). The molecule has 2 saturated carbocycles. The van der Waals surface area contributed by atoms with Crippen LogP contribution < -0.4 is 10.6 Å². The number of unbranched alkanes of at least 4 members (excludes halogenated alkanes) is 8. The molecule has 0 atom stereocenters. The molecule has 0 saturated heterocycles. The third kappa shape index (κ3) is 33.2. The minimum absolute atomic E-state index is 0. The number of hydrogen-bond acceptors (Lipinski definition) is 12. The average Bonchev–Trinajstić information content (AvgIpc) is 3.72. The van der Waals surface area contributed by atoms with Gasteiger partial charge in [0.05, 0.1) is 5.56 Å². The molecule has 0 unspecified atom stereocenters. The monoisotopic (exact) mass is 1430 g/mol. The number of carboxylic acids is 6. The maximum atomic E-state index is 11.2. The number of nitrogens with one attached hydrogen (secondary N) is 2. The molecule has 6 amide bonds. The molecule has 4 aliphatic rings. The van der Waals surface area contributed by atoms with Crippen LogP contribution in [-0.4, -0.2) is 148 Å². The van der Waals surface area contributed by atoms with E-state index >= 15 is 0 Å². The van der Waals surface area contributed by atoms with E-state index in [0.29, 0.717) is 44.6 Å². The summed E-state index contributed by atoms with van der Waals surface area (Å²) in [5, 5.41) is 71.0. The molecule has 75 heavy (non-hydrogen) atoms. The van der Waals surface area contributed by atoms with Crippen molar-refractivity contribution in [1.29, 1.82) is 0 Å². The van der Waals surface area contributed by atoms with Crippen molar-refractivity contribution in [2.75, 3.05) is 26.2 Å². The first-order valence-corrected chi connectivity index (χ1v) is 21.9. The molecule has 28 nitrogen and oxygen atoms in total. The molecule has 2 aliphatic carbocycles. The maximum absolute atomic E-state index is 11.2. The number of imide groups is 2. The molecule has 1 aromatic carbocycles. The fraction of sp³-hybridized carbons (Fsp3) is 0.511. The number of carboxylic acid groups (broad SMARTS) is 8. The molecule has 2 aliphatic heterocycles. The van der Waals surface area contributed by atoms with Gasteiger partial charge in [-0.05, 0) is 76.3 Å². The summed E-state index contributed by atoms with van der Waals surface area (Å²) in [6, 6.07) is 8.30. The second-order valence-electron chi connectivity index (χ2n) is 15.6. The van der Waals surface area contributed by atoms with E-state index in [-0.39, 0.29) is 116 Å². The number of benzene rings is 1. The molecule has 0 radical (unpaired) electrons. The van der Waals surface area contributed by atoms with Gasteiger partial charge in [-0.25, -0.2) is 14.4 Å². The van der Waals surface area contributed by atoms with Crippen molar-refractivity contribution in [3.8, 4) is 0 Å². The summed E-state index contributed by atoms with van der Waals surface area (Å²) < 4.78 is 0. The zero-order valence-electron chi connectivity index (χ0n) is 41.2. The van der Waals surface area contributed by atoms with Crippen LogP contribution in [0.5, 0.6) is 0 Å². The fourth-order valence-corrected chi connectivity index (χ4v) is 6.22. The smallest absolute Gasteiger partial charge is 0.693 e. The molecule has 0 aromatic heterocycles. The third-order valence-corrected chi connectivity index (χ3v) is 10.5. The van der Waals surface area contributed by atoms with E-state index in [1.54, 1.807) is 30.3 Å². The van der Waals surface area contributed by atoms with Crippen LogP contribution in [0.15, 0.2) is 54.6 Å². The van der Waals surface area contributed by atoms with Gasteiger partial charge in [0.2, 0.25) is 0 Å². The summed E-state index contributed by atoms with van der Waals surface area (Å²) in [4.78, 5) is 128. The molecule has 2 heterocycles. The third-order valence-electron chi connectivity index (χ3n) is 10.5. The van der Waals surface area contributed by atoms with Crippen LogP contribution in [-0.2, 0) is 85.3 Å². The normalized spacial score (nSPS) is 13.9. The zero-order chi connectivity index (χ0) is 52.6. The van der Waals surface area contributed by atoms with E-state index in [1.807, 2.05) is 0 Å². The number of aliphatic carboxylic acids is 5. The Morgan fingerprint density at radius 1 is 0.453 bits per heavy atom. The standard InChI is InChI=1S/2C12H18N2O4.C7H6O2.2C6H8O4.C2H4O2.4H2N.2Pt/c2*15-10-6-7-11(16)14(10)9-5-3-1-2-4-8-13-12(17)18;8-7(9)6-4-2-1-3-5-6;2*7-4(8)6(5(9)10)2-1-3-6;1-2(3)4;;;;;;/h2*6-7,13H,1-5,8-9H2,(H,17,18);1-5H,(H,8,9);2*1-3H2,(H,7,8)(H,9,10);1H3,(H,3,4);4*1H2;;/q;;;;;;4*-1;2*+2. The fourth-order valence-electron chi connectivity index (χ4n) is 6.22. The molecule has 0 spiro atoms. The Bertz CT molecular complexity index is 1840. The van der Waals surface area contributed by atoms with Crippen molar-refractivity contribution in [1.82, 2.24) is 20.4 Å². The summed E-state index contributed by atoms with van der Waals surface area (Å²) >= 11 is 0. The first kappa shape index (κ1) is 82.6. The van der Waals surface area contributed by atoms with Crippen LogP contribution in [0.4, 0.5) is 9.59 Å². The second-order valence-corrected chi connectivity index (χ2v) is 15.6. The van der Waals surface area contributed by atoms with Gasteiger partial charge >= 0.3 is 84.2 Å². The van der Waals surface area contributed by atoms with E-state index < -0.39 is 58.8 Å². The zero-order valence-corrected chi connectivity index (χ0v) is 45.7. The largest absolute Gasteiger partial charge is 2.00 e. The van der Waals surface area contributed by atoms with Crippen molar-refractivity contribution in [3.05, 3.63) is 84.8 Å². The van der Waals surface area contributed by atoms with Crippen LogP contribution in [0, 0.1) is 10.8 Å². The van der Waals surface area contributed by atoms with Gasteiger partial charge in [0.25, 0.3) is 29.6 Å². The van der Waals surface area contributed by atoms with E-state index in [1.165, 1.54) is 34.1 Å². The molecule has 18 N–H and O–H groups in total. The van der Waals surface area contributed by atoms with Crippen LogP contribution >= 0.6 is 0 Å². The molecular weight excluding hydrogens is 1360 g/mol. The van der Waals surface area contributed by atoms with E-state index in [9.17, 15) is 52.7 Å². The van der Waals surface area contributed by atoms with Crippen LogP contribution in [0.25, 0.3) is 24.6 Å². The number of aromatic carboxylic acids is 1. The van der Waals surface area contributed by atoms with Gasteiger partial charge in [-0.1, -0.05) is 56.7 Å². The van der Waals surface area contributed by atoms with Gasteiger partial charge in [-0.3, -0.25) is 53.0 Å². The van der Waals surface area contributed by atoms with Gasteiger partial charge < -0.3 is 76.1 Å². The number of rotatable bonds is 21. The molecule has 430 valence electrons. The Balaban J connectivity index is -0.000000152. The van der Waals surface area contributed by atoms with Crippen molar-refractivity contribution in [2.24, 2.45) is 10.8 Å². The number of hydrogen-bond donors (Lipinski definition) is 10. The molecule has 1 aromatic rings. The number of carbonyl (C=O) groups excluding carboxylic acids is 4. The van der Waals surface area contributed by atoms with Crippen molar-refractivity contribution in [3.63, 3.8) is 0 Å². The Labute approximate surface area is 462 Å². The van der Waals surface area contributed by atoms with E-state index in [0.717, 1.165) is 71.1 Å². The number of amides is 6. The molecule has 2 fully saturated rings. The summed E-state index contributed by atoms with van der Waals surface area (Å²) in [5.41, 5.74) is -2.56. The number of nitrogens with zero attached hydrogens (tertiary/aromatic N) is 2.